The highest BCUT2D eigenvalue weighted by molar-refractivity contribution is 6.06. The molecule has 0 radical (unpaired) electrons. The van der Waals surface area contributed by atoms with Crippen LogP contribution in [0.3, 0.4) is 0 Å². The van der Waals surface area contributed by atoms with Gasteiger partial charge in [-0.2, -0.15) is 36.5 Å². The second-order valence-electron chi connectivity index (χ2n) is 11.9. The summed E-state index contributed by atoms with van der Waals surface area (Å²) in [6.07, 6.45) is -10.5. The number of rotatable bonds is 4. The van der Waals surface area contributed by atoms with Crippen molar-refractivity contribution in [3.05, 3.63) is 77.0 Å². The van der Waals surface area contributed by atoms with Crippen LogP contribution < -0.4 is 0 Å². The van der Waals surface area contributed by atoms with E-state index in [-0.39, 0.29) is 28.2 Å². The highest BCUT2D eigenvalue weighted by Gasteiger charge is 2.73. The Morgan fingerprint density at radius 2 is 1.76 bits per heavy atom. The van der Waals surface area contributed by atoms with E-state index in [0.717, 1.165) is 25.0 Å². The zero-order valence-electron chi connectivity index (χ0n) is 22.5. The summed E-state index contributed by atoms with van der Waals surface area (Å²) in [5.74, 6) is 0.338. The molecule has 2 aliphatic carbocycles. The molecule has 2 aliphatic heterocycles. The van der Waals surface area contributed by atoms with E-state index >= 15 is 0 Å². The normalized spacial score (nSPS) is 30.1. The van der Waals surface area contributed by atoms with Crippen molar-refractivity contribution in [1.82, 2.24) is 9.99 Å². The Kier molecular flexibility index (Phi) is 5.62. The number of para-hydroxylation sites is 1. The summed E-state index contributed by atoms with van der Waals surface area (Å²) in [4.78, 5) is 16.6. The lowest BCUT2D eigenvalue weighted by atomic mass is 9.75. The number of carbonyl (C=O) groups excluding carboxylic acids is 1. The summed E-state index contributed by atoms with van der Waals surface area (Å²) in [5.41, 5.74) is -3.76. The predicted octanol–water partition coefficient (Wildman–Crippen LogP) is 7.52. The molecule has 4 aliphatic rings. The van der Waals surface area contributed by atoms with Crippen molar-refractivity contribution < 1.29 is 40.6 Å². The molecule has 1 aromatic heterocycles. The van der Waals surface area contributed by atoms with Crippen LogP contribution in [0.5, 0.6) is 0 Å². The van der Waals surface area contributed by atoms with E-state index in [1.165, 1.54) is 11.1 Å². The van der Waals surface area contributed by atoms with Gasteiger partial charge in [0.25, 0.3) is 0 Å². The van der Waals surface area contributed by atoms with Crippen LogP contribution in [0.1, 0.15) is 61.6 Å². The van der Waals surface area contributed by atoms with Gasteiger partial charge < -0.3 is 9.47 Å². The quantitative estimate of drug-likeness (QED) is 0.179. The molecule has 2 saturated carbocycles. The molecule has 42 heavy (non-hydrogen) atoms. The molecule has 3 heterocycles. The monoisotopic (exact) mass is 589 g/mol. The third-order valence-electron chi connectivity index (χ3n) is 9.65. The van der Waals surface area contributed by atoms with Crippen LogP contribution >= 0.6 is 0 Å². The number of ether oxygens (including phenoxy) is 2. The number of hydrazone groups is 1. The maximum absolute atomic E-state index is 13.9. The number of hydrogen-bond acceptors (Lipinski definition) is 5. The number of carbonyl (C=O) groups is 1. The zero-order chi connectivity index (χ0) is 29.8. The van der Waals surface area contributed by atoms with Crippen LogP contribution in [0.15, 0.2) is 59.7 Å². The Bertz CT molecular complexity index is 1640. The number of epoxide rings is 1. The van der Waals surface area contributed by atoms with E-state index in [9.17, 15) is 31.1 Å². The van der Waals surface area contributed by atoms with Gasteiger partial charge in [-0.15, -0.1) is 0 Å². The van der Waals surface area contributed by atoms with Gasteiger partial charge in [0.15, 0.2) is 0 Å². The number of fused-ring (bicyclic) bond motifs is 2. The summed E-state index contributed by atoms with van der Waals surface area (Å²) in [5, 5.41) is 6.10. The van der Waals surface area contributed by atoms with Gasteiger partial charge in [-0.25, -0.2) is 9.78 Å². The van der Waals surface area contributed by atoms with Crippen molar-refractivity contribution in [1.29, 1.82) is 0 Å². The molecule has 0 unspecified atom stereocenters. The molecule has 1 spiro atoms. The van der Waals surface area contributed by atoms with E-state index in [2.05, 4.69) is 18.8 Å². The smallest absolute Gasteiger partial charge is 0.433 e. The van der Waals surface area contributed by atoms with Gasteiger partial charge in [-0.3, -0.25) is 0 Å². The van der Waals surface area contributed by atoms with Gasteiger partial charge >= 0.3 is 18.4 Å². The number of nitrogens with zero attached hydrogens (tertiary/aromatic N) is 3. The SMILES string of the molecule is CC1(C)[C@@H]2CC[C@@]13[C@@H](C2)OC(=O)N3/N=C(/c1ccccc1)[C@H]1O[C@@H]1c1cc(C(F)(F)F)nc2c(C(F)(F)F)cccc12. The molecule has 6 nitrogen and oxygen atoms in total. The van der Waals surface area contributed by atoms with Crippen LogP contribution in [-0.4, -0.2) is 39.5 Å². The molecule has 12 heteroatoms. The van der Waals surface area contributed by atoms with Crippen molar-refractivity contribution in [3.8, 4) is 0 Å². The lowest BCUT2D eigenvalue weighted by Gasteiger charge is -2.39. The highest BCUT2D eigenvalue weighted by Crippen LogP contribution is 2.66. The molecule has 2 bridgehead atoms. The second kappa shape index (κ2) is 8.68. The Labute approximate surface area is 236 Å². The fraction of sp³-hybridized carbons (Fsp3) is 0.433. The molecular weight excluding hydrogens is 564 g/mol. The molecule has 2 aromatic carbocycles. The summed E-state index contributed by atoms with van der Waals surface area (Å²) in [6.45, 7) is 4.18. The van der Waals surface area contributed by atoms with Crippen LogP contribution in [0.4, 0.5) is 31.1 Å². The number of amides is 1. The summed E-state index contributed by atoms with van der Waals surface area (Å²) in [7, 11) is 0. The lowest BCUT2D eigenvalue weighted by Crippen LogP contribution is -2.53. The van der Waals surface area contributed by atoms with E-state index in [1.54, 1.807) is 30.3 Å². The Hall–Kier alpha value is -3.67. The molecule has 7 rings (SSSR count). The van der Waals surface area contributed by atoms with Crippen LogP contribution in [-0.2, 0) is 21.8 Å². The molecule has 3 aromatic rings. The molecule has 220 valence electrons. The van der Waals surface area contributed by atoms with Crippen molar-refractivity contribution in [2.24, 2.45) is 16.4 Å². The summed E-state index contributed by atoms with van der Waals surface area (Å²) < 4.78 is 94.7. The van der Waals surface area contributed by atoms with Crippen LogP contribution in [0.2, 0.25) is 0 Å². The van der Waals surface area contributed by atoms with Crippen LogP contribution in [0.25, 0.3) is 10.9 Å². The molecular formula is C30H25F6N3O3. The predicted molar refractivity (Wildman–Crippen MR) is 138 cm³/mol. The van der Waals surface area contributed by atoms with Gasteiger partial charge in [0.05, 0.1) is 11.1 Å². The number of hydrogen-bond donors (Lipinski definition) is 0. The third kappa shape index (κ3) is 3.79. The fourth-order valence-corrected chi connectivity index (χ4v) is 7.43. The second-order valence-corrected chi connectivity index (χ2v) is 11.9. The maximum atomic E-state index is 13.9. The van der Waals surface area contributed by atoms with Crippen molar-refractivity contribution in [2.75, 3.05) is 0 Å². The number of alkyl halides is 6. The minimum atomic E-state index is -5.00. The number of aromatic nitrogens is 1. The largest absolute Gasteiger partial charge is 0.442 e. The molecule has 1 amide bonds. The first kappa shape index (κ1) is 27.2. The lowest BCUT2D eigenvalue weighted by molar-refractivity contribution is -0.142. The first-order valence-corrected chi connectivity index (χ1v) is 13.6. The van der Waals surface area contributed by atoms with E-state index < -0.39 is 53.0 Å². The average molecular weight is 590 g/mol. The minimum Gasteiger partial charge on any atom is -0.442 e. The molecule has 5 atom stereocenters. The highest BCUT2D eigenvalue weighted by atomic mass is 19.4. The topological polar surface area (TPSA) is 67.3 Å². The molecule has 4 fully saturated rings. The van der Waals surface area contributed by atoms with E-state index in [0.29, 0.717) is 24.0 Å². The summed E-state index contributed by atoms with van der Waals surface area (Å²) in [6, 6.07) is 12.6. The Morgan fingerprint density at radius 1 is 1.02 bits per heavy atom. The third-order valence-corrected chi connectivity index (χ3v) is 9.65. The average Bonchev–Trinajstić information content (AvgIpc) is 3.55. The first-order valence-electron chi connectivity index (χ1n) is 13.6. The van der Waals surface area contributed by atoms with Crippen molar-refractivity contribution in [3.63, 3.8) is 0 Å². The minimum absolute atomic E-state index is 0.0887. The summed E-state index contributed by atoms with van der Waals surface area (Å²) >= 11 is 0. The van der Waals surface area contributed by atoms with Gasteiger partial charge in [-0.1, -0.05) is 56.3 Å². The number of benzene rings is 2. The number of pyridine rings is 1. The first-order chi connectivity index (χ1) is 19.7. The van der Waals surface area contributed by atoms with Gasteiger partial charge in [0.1, 0.15) is 35.3 Å². The van der Waals surface area contributed by atoms with E-state index in [1.807, 2.05) is 0 Å². The maximum Gasteiger partial charge on any atom is 0.433 e. The zero-order valence-corrected chi connectivity index (χ0v) is 22.5. The van der Waals surface area contributed by atoms with Crippen molar-refractivity contribution in [2.45, 2.75) is 69.3 Å². The Morgan fingerprint density at radius 3 is 2.43 bits per heavy atom. The van der Waals surface area contributed by atoms with Crippen LogP contribution in [0, 0.1) is 11.3 Å². The molecule has 0 N–H and O–H groups in total. The van der Waals surface area contributed by atoms with Gasteiger partial charge in [0.2, 0.25) is 0 Å². The molecule has 2 saturated heterocycles. The van der Waals surface area contributed by atoms with E-state index in [4.69, 9.17) is 14.6 Å². The fourth-order valence-electron chi connectivity index (χ4n) is 7.43. The van der Waals surface area contributed by atoms with Crippen molar-refractivity contribution >= 4 is 22.7 Å². The standard InChI is InChI=1S/C30H25F6N3O3/c1-27(2)16-11-12-28(27)21(13-16)41-26(40)39(28)38-22(15-7-4-3-5-8-15)25-24(42-25)18-14-20(30(34,35)36)37-23-17(18)9-6-10-19(23)29(31,32)33/h3-10,14,16,21,24-25H,11-13H2,1-2H3/b38-22-/t16-,21-,24-,25-,28-/m1/s1. The van der Waals surface area contributed by atoms with Gasteiger partial charge in [0, 0.05) is 10.9 Å². The van der Waals surface area contributed by atoms with Gasteiger partial charge in [-0.05, 0) is 48.3 Å². The number of halogens is 6. The Balaban J connectivity index is 1.36.